The van der Waals surface area contributed by atoms with E-state index in [0.717, 1.165) is 18.2 Å². The van der Waals surface area contributed by atoms with Crippen LogP contribution in [0.5, 0.6) is 0 Å². The Balaban J connectivity index is 3.22. The van der Waals surface area contributed by atoms with E-state index < -0.39 is 16.3 Å². The molecule has 1 aromatic heterocycles. The number of aryl methyl sites for hydroxylation is 1. The minimum atomic E-state index is -1.10. The van der Waals surface area contributed by atoms with Gasteiger partial charge in [-0.2, -0.15) is 5.26 Å². The number of carboxylic acids is 1. The summed E-state index contributed by atoms with van der Waals surface area (Å²) in [5.74, 6) is -0.999. The molecular formula is C12H15N3O3S. The van der Waals surface area contributed by atoms with E-state index in [1.54, 1.807) is 0 Å². The summed E-state index contributed by atoms with van der Waals surface area (Å²) in [4.78, 5) is 29.4. The maximum Gasteiger partial charge on any atom is 0.319 e. The molecule has 2 N–H and O–H groups in total. The van der Waals surface area contributed by atoms with Crippen LogP contribution in [0.4, 0.5) is 0 Å². The van der Waals surface area contributed by atoms with Gasteiger partial charge in [0.2, 0.25) is 0 Å². The highest BCUT2D eigenvalue weighted by atomic mass is 32.2. The second-order valence-corrected chi connectivity index (χ2v) is 6.08. The number of hydrogen-bond acceptors (Lipinski definition) is 5. The number of H-pyrrole nitrogens is 1. The van der Waals surface area contributed by atoms with Crippen molar-refractivity contribution >= 4 is 17.7 Å². The number of rotatable bonds is 5. The Morgan fingerprint density at radius 2 is 2.21 bits per heavy atom. The number of nitriles is 1. The predicted molar refractivity (Wildman–Crippen MR) is 71.1 cm³/mol. The Morgan fingerprint density at radius 3 is 2.68 bits per heavy atom. The third-order valence-corrected chi connectivity index (χ3v) is 3.51. The van der Waals surface area contributed by atoms with E-state index in [4.69, 9.17) is 10.4 Å². The lowest BCUT2D eigenvalue weighted by Crippen LogP contribution is -2.28. The average molecular weight is 281 g/mol. The highest BCUT2D eigenvalue weighted by Gasteiger charge is 2.30. The van der Waals surface area contributed by atoms with Crippen molar-refractivity contribution in [3.63, 3.8) is 0 Å². The second kappa shape index (κ2) is 5.89. The number of nitrogens with one attached hydrogen (secondary N) is 1. The van der Waals surface area contributed by atoms with Crippen LogP contribution < -0.4 is 5.56 Å². The van der Waals surface area contributed by atoms with Gasteiger partial charge in [0.05, 0.1) is 5.69 Å². The zero-order chi connectivity index (χ0) is 14.6. The molecule has 7 heteroatoms. The predicted octanol–water partition coefficient (Wildman–Crippen LogP) is 1.55. The topological polar surface area (TPSA) is 107 Å². The fourth-order valence-electron chi connectivity index (χ4n) is 1.36. The first-order valence-electron chi connectivity index (χ1n) is 5.77. The number of aromatic nitrogens is 2. The Bertz CT molecular complexity index is 587. The van der Waals surface area contributed by atoms with Crippen LogP contribution in [0.1, 0.15) is 38.4 Å². The van der Waals surface area contributed by atoms with Crippen molar-refractivity contribution in [1.82, 2.24) is 9.97 Å². The van der Waals surface area contributed by atoms with Crippen LogP contribution in [0.25, 0.3) is 0 Å². The minimum Gasteiger partial charge on any atom is -0.480 e. The Hall–Kier alpha value is -1.81. The van der Waals surface area contributed by atoms with Gasteiger partial charge in [0, 0.05) is 0 Å². The molecule has 102 valence electrons. The first kappa shape index (κ1) is 15.2. The molecule has 0 aliphatic rings. The van der Waals surface area contributed by atoms with Gasteiger partial charge in [-0.15, -0.1) is 0 Å². The third kappa shape index (κ3) is 3.58. The molecule has 1 rings (SSSR count). The molecule has 0 amide bonds. The maximum atomic E-state index is 11.7. The number of carboxylic acid groups (broad SMARTS) is 1. The molecule has 0 radical (unpaired) electrons. The van der Waals surface area contributed by atoms with Gasteiger partial charge in [-0.25, -0.2) is 4.98 Å². The first-order chi connectivity index (χ1) is 8.81. The standard InChI is InChI=1S/C12H15N3O3S/c1-4-5-8-7(6-13)9(16)15-11(14-8)19-12(2,3)10(17)18/h4-5H2,1-3H3,(H,17,18)(H,14,15,16). The van der Waals surface area contributed by atoms with Gasteiger partial charge >= 0.3 is 5.97 Å². The fraction of sp³-hybridized carbons (Fsp3) is 0.500. The summed E-state index contributed by atoms with van der Waals surface area (Å²) in [6.45, 7) is 4.97. The van der Waals surface area contributed by atoms with Gasteiger partial charge in [0.1, 0.15) is 16.4 Å². The summed E-state index contributed by atoms with van der Waals surface area (Å²) in [7, 11) is 0. The lowest BCUT2D eigenvalue weighted by molar-refractivity contribution is -0.138. The highest BCUT2D eigenvalue weighted by Crippen LogP contribution is 2.29. The summed E-state index contributed by atoms with van der Waals surface area (Å²) in [5, 5.41) is 18.2. The van der Waals surface area contributed by atoms with Crippen molar-refractivity contribution in [3.8, 4) is 6.07 Å². The number of thioether (sulfide) groups is 1. The molecule has 0 aliphatic carbocycles. The molecule has 0 bridgehead atoms. The number of carbonyl (C=O) groups is 1. The van der Waals surface area contributed by atoms with E-state index in [9.17, 15) is 9.59 Å². The second-order valence-electron chi connectivity index (χ2n) is 4.47. The molecular weight excluding hydrogens is 266 g/mol. The van der Waals surface area contributed by atoms with Crippen molar-refractivity contribution < 1.29 is 9.90 Å². The van der Waals surface area contributed by atoms with Gasteiger partial charge in [-0.1, -0.05) is 25.1 Å². The van der Waals surface area contributed by atoms with E-state index in [2.05, 4.69) is 9.97 Å². The van der Waals surface area contributed by atoms with Crippen molar-refractivity contribution in [2.45, 2.75) is 43.5 Å². The molecule has 1 heterocycles. The van der Waals surface area contributed by atoms with E-state index in [1.807, 2.05) is 13.0 Å². The smallest absolute Gasteiger partial charge is 0.319 e. The first-order valence-corrected chi connectivity index (χ1v) is 6.59. The van der Waals surface area contributed by atoms with Crippen LogP contribution in [0, 0.1) is 11.3 Å². The largest absolute Gasteiger partial charge is 0.480 e. The molecule has 19 heavy (non-hydrogen) atoms. The number of aromatic amines is 1. The van der Waals surface area contributed by atoms with Gasteiger partial charge in [-0.05, 0) is 20.3 Å². The Morgan fingerprint density at radius 1 is 1.58 bits per heavy atom. The van der Waals surface area contributed by atoms with Crippen LogP contribution in [0.2, 0.25) is 0 Å². The maximum absolute atomic E-state index is 11.7. The monoisotopic (exact) mass is 281 g/mol. The normalized spacial score (nSPS) is 11.1. The summed E-state index contributed by atoms with van der Waals surface area (Å²) in [5.41, 5.74) is -0.110. The van der Waals surface area contributed by atoms with E-state index in [1.165, 1.54) is 13.8 Å². The van der Waals surface area contributed by atoms with Crippen LogP contribution in [0.3, 0.4) is 0 Å². The highest BCUT2D eigenvalue weighted by molar-refractivity contribution is 8.01. The van der Waals surface area contributed by atoms with Crippen molar-refractivity contribution in [2.75, 3.05) is 0 Å². The van der Waals surface area contributed by atoms with Crippen LogP contribution in [-0.4, -0.2) is 25.8 Å². The average Bonchev–Trinajstić information content (AvgIpc) is 2.28. The molecule has 0 atom stereocenters. The number of hydrogen-bond donors (Lipinski definition) is 2. The Kier molecular flexibility index (Phi) is 4.72. The molecule has 1 aromatic rings. The fourth-order valence-corrected chi connectivity index (χ4v) is 2.23. The lowest BCUT2D eigenvalue weighted by atomic mass is 10.1. The van der Waals surface area contributed by atoms with E-state index >= 15 is 0 Å². The van der Waals surface area contributed by atoms with Gasteiger partial charge in [0.25, 0.3) is 5.56 Å². The third-order valence-electron chi connectivity index (χ3n) is 2.44. The summed E-state index contributed by atoms with van der Waals surface area (Å²) in [6, 6.07) is 1.83. The van der Waals surface area contributed by atoms with Crippen molar-refractivity contribution in [1.29, 1.82) is 5.26 Å². The van der Waals surface area contributed by atoms with E-state index in [0.29, 0.717) is 12.1 Å². The van der Waals surface area contributed by atoms with Gasteiger partial charge in [0.15, 0.2) is 5.16 Å². The number of nitrogens with zero attached hydrogens (tertiary/aromatic N) is 2. The molecule has 0 saturated carbocycles. The van der Waals surface area contributed by atoms with Crippen LogP contribution in [-0.2, 0) is 11.2 Å². The van der Waals surface area contributed by atoms with Crippen molar-refractivity contribution in [2.24, 2.45) is 0 Å². The SMILES string of the molecule is CCCc1nc(SC(C)(C)C(=O)O)[nH]c(=O)c1C#N. The molecule has 6 nitrogen and oxygen atoms in total. The molecule has 0 saturated heterocycles. The summed E-state index contributed by atoms with van der Waals surface area (Å²) in [6.07, 6.45) is 1.26. The summed E-state index contributed by atoms with van der Waals surface area (Å²) >= 11 is 0.952. The molecule has 0 aliphatic heterocycles. The van der Waals surface area contributed by atoms with Crippen LogP contribution >= 0.6 is 11.8 Å². The molecule has 0 fully saturated rings. The summed E-state index contributed by atoms with van der Waals surface area (Å²) < 4.78 is -1.10. The van der Waals surface area contributed by atoms with E-state index in [-0.39, 0.29) is 10.7 Å². The Labute approximate surface area is 114 Å². The molecule has 0 unspecified atom stereocenters. The van der Waals surface area contributed by atoms with Crippen LogP contribution in [0.15, 0.2) is 9.95 Å². The lowest BCUT2D eigenvalue weighted by Gasteiger charge is -2.17. The minimum absolute atomic E-state index is 0.000619. The molecule has 0 aromatic carbocycles. The zero-order valence-electron chi connectivity index (χ0n) is 11.0. The number of aliphatic carboxylic acids is 1. The quantitative estimate of drug-likeness (QED) is 0.626. The zero-order valence-corrected chi connectivity index (χ0v) is 11.8. The van der Waals surface area contributed by atoms with Crippen molar-refractivity contribution in [3.05, 3.63) is 21.6 Å². The van der Waals surface area contributed by atoms with Gasteiger partial charge in [-0.3, -0.25) is 9.59 Å². The van der Waals surface area contributed by atoms with Gasteiger partial charge < -0.3 is 10.1 Å². The molecule has 0 spiro atoms.